The van der Waals surface area contributed by atoms with Gasteiger partial charge in [-0.15, -0.1) is 13.2 Å². The lowest BCUT2D eigenvalue weighted by Gasteiger charge is -2.10. The molecule has 1 aromatic rings. The number of hydrogen-bond acceptors (Lipinski definition) is 3. The van der Waals surface area contributed by atoms with E-state index in [9.17, 15) is 13.2 Å². The smallest absolute Gasteiger partial charge is 0.406 e. The van der Waals surface area contributed by atoms with Crippen molar-refractivity contribution in [3.63, 3.8) is 0 Å². The molecule has 1 rings (SSSR count). The molecule has 0 unspecified atom stereocenters. The average Bonchev–Trinajstić information content (AvgIpc) is 2.10. The number of hydrogen-bond donors (Lipinski definition) is 1. The van der Waals surface area contributed by atoms with Gasteiger partial charge in [0.15, 0.2) is 0 Å². The van der Waals surface area contributed by atoms with Crippen LogP contribution < -0.4 is 4.74 Å². The normalized spacial score (nSPS) is 11.6. The molecule has 90 valence electrons. The zero-order valence-corrected chi connectivity index (χ0v) is 10.4. The van der Waals surface area contributed by atoms with Crippen LogP contribution in [0.2, 0.25) is 0 Å². The van der Waals surface area contributed by atoms with Gasteiger partial charge in [0.25, 0.3) is 0 Å². The van der Waals surface area contributed by atoms with E-state index in [1.54, 1.807) is 6.07 Å². The van der Waals surface area contributed by atoms with Crippen LogP contribution in [-0.4, -0.2) is 12.3 Å². The van der Waals surface area contributed by atoms with Crippen LogP contribution in [0.15, 0.2) is 22.7 Å². The second kappa shape index (κ2) is 5.79. The monoisotopic (exact) mass is 316 g/mol. The van der Waals surface area contributed by atoms with Gasteiger partial charge in [0.1, 0.15) is 5.75 Å². The minimum absolute atomic E-state index is 0.178. The van der Waals surface area contributed by atoms with E-state index in [0.29, 0.717) is 10.0 Å². The summed E-state index contributed by atoms with van der Waals surface area (Å²) >= 11 is 6.92. The lowest BCUT2D eigenvalue weighted by molar-refractivity contribution is -0.274. The molecular weight excluding hydrogens is 309 g/mol. The molecule has 0 amide bonds. The molecule has 0 aliphatic rings. The van der Waals surface area contributed by atoms with Crippen LogP contribution in [-0.2, 0) is 11.3 Å². The van der Waals surface area contributed by atoms with Crippen molar-refractivity contribution >= 4 is 28.6 Å². The van der Waals surface area contributed by atoms with Gasteiger partial charge >= 0.3 is 6.36 Å². The van der Waals surface area contributed by atoms with Crippen molar-refractivity contribution < 1.29 is 22.6 Å². The molecule has 0 heterocycles. The Morgan fingerprint density at radius 1 is 1.25 bits per heavy atom. The molecule has 0 bridgehead atoms. The van der Waals surface area contributed by atoms with Crippen LogP contribution in [0.5, 0.6) is 5.75 Å². The van der Waals surface area contributed by atoms with Crippen LogP contribution in [0.1, 0.15) is 5.56 Å². The Morgan fingerprint density at radius 2 is 1.94 bits per heavy atom. The van der Waals surface area contributed by atoms with Crippen molar-refractivity contribution in [2.24, 2.45) is 0 Å². The molecular formula is C9H8BrF3O2S. The first-order valence-electron chi connectivity index (χ1n) is 4.14. The van der Waals surface area contributed by atoms with Gasteiger partial charge in [-0.2, -0.15) is 12.6 Å². The second-order valence-electron chi connectivity index (χ2n) is 2.82. The highest BCUT2D eigenvalue weighted by Crippen LogP contribution is 2.27. The van der Waals surface area contributed by atoms with Crippen molar-refractivity contribution in [2.45, 2.75) is 13.0 Å². The summed E-state index contributed by atoms with van der Waals surface area (Å²) in [6.07, 6.45) is -4.69. The quantitative estimate of drug-likeness (QED) is 0.673. The number of benzene rings is 1. The van der Waals surface area contributed by atoms with Crippen LogP contribution in [0.3, 0.4) is 0 Å². The Morgan fingerprint density at radius 3 is 2.50 bits per heavy atom. The van der Waals surface area contributed by atoms with E-state index in [0.717, 1.165) is 0 Å². The van der Waals surface area contributed by atoms with Crippen molar-refractivity contribution in [1.82, 2.24) is 0 Å². The number of alkyl halides is 3. The van der Waals surface area contributed by atoms with Gasteiger partial charge in [0, 0.05) is 4.47 Å². The molecule has 0 radical (unpaired) electrons. The predicted octanol–water partition coefficient (Wildman–Crippen LogP) is 3.75. The van der Waals surface area contributed by atoms with Gasteiger partial charge in [-0.05, 0) is 23.8 Å². The zero-order valence-electron chi connectivity index (χ0n) is 7.92. The highest BCUT2D eigenvalue weighted by molar-refractivity contribution is 9.10. The van der Waals surface area contributed by atoms with Crippen molar-refractivity contribution in [3.8, 4) is 5.75 Å². The van der Waals surface area contributed by atoms with E-state index in [2.05, 4.69) is 33.3 Å². The van der Waals surface area contributed by atoms with Gasteiger partial charge < -0.3 is 9.47 Å². The lowest BCUT2D eigenvalue weighted by atomic mass is 10.2. The van der Waals surface area contributed by atoms with Gasteiger partial charge in [0.05, 0.1) is 12.5 Å². The standard InChI is InChI=1S/C9H8BrF3O2S/c10-7-1-6(4-14-5-16)2-8(3-7)15-9(11,12)13/h1-3,16H,4-5H2. The van der Waals surface area contributed by atoms with Gasteiger partial charge in [-0.1, -0.05) is 15.9 Å². The molecule has 0 aliphatic heterocycles. The molecule has 0 fully saturated rings. The zero-order chi connectivity index (χ0) is 12.2. The number of rotatable bonds is 4. The summed E-state index contributed by atoms with van der Waals surface area (Å²) in [5.74, 6) is -0.0817. The second-order valence-corrected chi connectivity index (χ2v) is 3.99. The summed E-state index contributed by atoms with van der Waals surface area (Å²) in [6, 6.07) is 4.14. The maximum atomic E-state index is 12.0. The number of ether oxygens (including phenoxy) is 2. The van der Waals surface area contributed by atoms with E-state index in [-0.39, 0.29) is 18.3 Å². The number of thiol groups is 1. The molecule has 0 spiro atoms. The highest BCUT2D eigenvalue weighted by Gasteiger charge is 2.31. The van der Waals surface area contributed by atoms with E-state index < -0.39 is 6.36 Å². The van der Waals surface area contributed by atoms with Crippen LogP contribution in [0.25, 0.3) is 0 Å². The Labute approximate surface area is 104 Å². The van der Waals surface area contributed by atoms with E-state index >= 15 is 0 Å². The first-order valence-corrected chi connectivity index (χ1v) is 5.57. The minimum Gasteiger partial charge on any atom is -0.406 e. The highest BCUT2D eigenvalue weighted by atomic mass is 79.9. The molecule has 16 heavy (non-hydrogen) atoms. The molecule has 0 saturated carbocycles. The molecule has 0 N–H and O–H groups in total. The third-order valence-electron chi connectivity index (χ3n) is 1.52. The summed E-state index contributed by atoms with van der Waals surface area (Å²) in [4.78, 5) is 0. The third kappa shape index (κ3) is 5.09. The molecule has 1 aromatic carbocycles. The molecule has 0 aromatic heterocycles. The summed E-state index contributed by atoms with van der Waals surface area (Å²) in [7, 11) is 0. The molecule has 0 aliphatic carbocycles. The summed E-state index contributed by atoms with van der Waals surface area (Å²) in [6.45, 7) is 0.178. The predicted molar refractivity (Wildman–Crippen MR) is 59.5 cm³/mol. The van der Waals surface area contributed by atoms with Gasteiger partial charge in [-0.25, -0.2) is 0 Å². The number of halogens is 4. The topological polar surface area (TPSA) is 18.5 Å². The van der Waals surface area contributed by atoms with Crippen molar-refractivity contribution in [2.75, 3.05) is 5.94 Å². The van der Waals surface area contributed by atoms with Crippen LogP contribution >= 0.6 is 28.6 Å². The third-order valence-corrected chi connectivity index (χ3v) is 2.17. The fourth-order valence-corrected chi connectivity index (χ4v) is 1.67. The first kappa shape index (κ1) is 13.7. The fraction of sp³-hybridized carbons (Fsp3) is 0.333. The fourth-order valence-electron chi connectivity index (χ4n) is 1.06. The summed E-state index contributed by atoms with van der Waals surface area (Å²) in [5, 5.41) is 0. The van der Waals surface area contributed by atoms with Crippen molar-refractivity contribution in [1.29, 1.82) is 0 Å². The van der Waals surface area contributed by atoms with E-state index in [4.69, 9.17) is 4.74 Å². The Balaban J connectivity index is 2.81. The molecule has 0 atom stereocenters. The van der Waals surface area contributed by atoms with Crippen LogP contribution in [0, 0.1) is 0 Å². The van der Waals surface area contributed by atoms with Crippen LogP contribution in [0.4, 0.5) is 13.2 Å². The first-order chi connectivity index (χ1) is 7.40. The Bertz CT molecular complexity index is 357. The SMILES string of the molecule is FC(F)(F)Oc1cc(Br)cc(COCS)c1. The maximum Gasteiger partial charge on any atom is 0.573 e. The summed E-state index contributed by atoms with van der Waals surface area (Å²) in [5.41, 5.74) is 0.572. The Kier molecular flexibility index (Phi) is 4.94. The van der Waals surface area contributed by atoms with E-state index in [1.807, 2.05) is 0 Å². The molecule has 2 nitrogen and oxygen atoms in total. The maximum absolute atomic E-state index is 12.0. The Hall–Kier alpha value is -0.400. The molecule has 7 heteroatoms. The average molecular weight is 317 g/mol. The largest absolute Gasteiger partial charge is 0.573 e. The van der Waals surface area contributed by atoms with Gasteiger partial charge in [-0.3, -0.25) is 0 Å². The minimum atomic E-state index is -4.69. The van der Waals surface area contributed by atoms with Crippen molar-refractivity contribution in [3.05, 3.63) is 28.2 Å². The van der Waals surface area contributed by atoms with E-state index in [1.165, 1.54) is 12.1 Å². The molecule has 0 saturated heterocycles. The summed E-state index contributed by atoms with van der Waals surface area (Å²) < 4.78 is 45.2. The van der Waals surface area contributed by atoms with Gasteiger partial charge in [0.2, 0.25) is 0 Å². The lowest BCUT2D eigenvalue weighted by Crippen LogP contribution is -2.17.